The van der Waals surface area contributed by atoms with Crippen LogP contribution in [0.4, 0.5) is 14.9 Å². The van der Waals surface area contributed by atoms with Gasteiger partial charge in [0.15, 0.2) is 0 Å². The molecule has 1 aromatic carbocycles. The lowest BCUT2D eigenvalue weighted by Crippen LogP contribution is -2.33. The van der Waals surface area contributed by atoms with Crippen LogP contribution in [-0.2, 0) is 6.54 Å². The van der Waals surface area contributed by atoms with Crippen molar-refractivity contribution >= 4 is 11.7 Å². The lowest BCUT2D eigenvalue weighted by Gasteiger charge is -2.11. The summed E-state index contributed by atoms with van der Waals surface area (Å²) in [5, 5.41) is 5.26. The number of nitrogens with zero attached hydrogens (tertiary/aromatic N) is 2. The molecule has 132 valence electrons. The SMILES string of the molecule is O=C(NCCn1cnc(C2CCCC2)cc1=O)Nc1ccc(F)cc1. The average Bonchev–Trinajstić information content (AvgIpc) is 3.13. The number of carbonyl (C=O) groups is 1. The predicted molar refractivity (Wildman–Crippen MR) is 93.1 cm³/mol. The van der Waals surface area contributed by atoms with Gasteiger partial charge < -0.3 is 10.6 Å². The van der Waals surface area contributed by atoms with E-state index in [4.69, 9.17) is 0 Å². The summed E-state index contributed by atoms with van der Waals surface area (Å²) in [5.74, 6) is 0.0425. The normalized spacial score (nSPS) is 14.4. The maximum atomic E-state index is 12.8. The smallest absolute Gasteiger partial charge is 0.319 e. The Balaban J connectivity index is 1.49. The van der Waals surface area contributed by atoms with Crippen molar-refractivity contribution in [2.24, 2.45) is 0 Å². The van der Waals surface area contributed by atoms with Crippen LogP contribution in [0.1, 0.15) is 37.3 Å². The molecule has 2 amide bonds. The van der Waals surface area contributed by atoms with Crippen LogP contribution in [0.5, 0.6) is 0 Å². The molecule has 0 bridgehead atoms. The van der Waals surface area contributed by atoms with E-state index in [1.54, 1.807) is 12.4 Å². The minimum Gasteiger partial charge on any atom is -0.336 e. The van der Waals surface area contributed by atoms with Crippen LogP contribution >= 0.6 is 0 Å². The molecule has 7 heteroatoms. The van der Waals surface area contributed by atoms with Crippen LogP contribution < -0.4 is 16.2 Å². The van der Waals surface area contributed by atoms with Gasteiger partial charge in [-0.2, -0.15) is 0 Å². The Morgan fingerprint density at radius 1 is 1.24 bits per heavy atom. The van der Waals surface area contributed by atoms with Gasteiger partial charge in [-0.1, -0.05) is 12.8 Å². The number of aromatic nitrogens is 2. The molecule has 0 unspecified atom stereocenters. The Kier molecular flexibility index (Phi) is 5.42. The summed E-state index contributed by atoms with van der Waals surface area (Å²) in [6.45, 7) is 0.630. The van der Waals surface area contributed by atoms with Crippen molar-refractivity contribution in [3.63, 3.8) is 0 Å². The van der Waals surface area contributed by atoms with Gasteiger partial charge in [0.1, 0.15) is 5.82 Å². The van der Waals surface area contributed by atoms with Gasteiger partial charge in [0.05, 0.1) is 12.0 Å². The predicted octanol–water partition coefficient (Wildman–Crippen LogP) is 2.86. The zero-order valence-corrected chi connectivity index (χ0v) is 13.9. The van der Waals surface area contributed by atoms with Crippen molar-refractivity contribution in [3.8, 4) is 0 Å². The van der Waals surface area contributed by atoms with E-state index in [-0.39, 0.29) is 17.9 Å². The first kappa shape index (κ1) is 17.1. The quantitative estimate of drug-likeness (QED) is 0.876. The first-order chi connectivity index (χ1) is 12.1. The topological polar surface area (TPSA) is 76.0 Å². The fourth-order valence-corrected chi connectivity index (χ4v) is 3.05. The molecule has 1 aromatic heterocycles. The van der Waals surface area contributed by atoms with E-state index < -0.39 is 6.03 Å². The molecule has 0 atom stereocenters. The number of anilines is 1. The molecule has 0 saturated heterocycles. The third-order valence-corrected chi connectivity index (χ3v) is 4.41. The fraction of sp³-hybridized carbons (Fsp3) is 0.389. The number of hydrogen-bond acceptors (Lipinski definition) is 3. The molecule has 2 aromatic rings. The van der Waals surface area contributed by atoms with Crippen LogP contribution in [-0.4, -0.2) is 22.1 Å². The number of halogens is 1. The maximum Gasteiger partial charge on any atom is 0.319 e. The molecule has 3 rings (SSSR count). The van der Waals surface area contributed by atoms with E-state index in [1.165, 1.54) is 41.7 Å². The van der Waals surface area contributed by atoms with Crippen molar-refractivity contribution < 1.29 is 9.18 Å². The Bertz CT molecular complexity index is 782. The number of hydrogen-bond donors (Lipinski definition) is 2. The van der Waals surface area contributed by atoms with Crippen molar-refractivity contribution in [2.45, 2.75) is 38.1 Å². The summed E-state index contributed by atoms with van der Waals surface area (Å²) in [6, 6.07) is 6.69. The third-order valence-electron chi connectivity index (χ3n) is 4.41. The summed E-state index contributed by atoms with van der Waals surface area (Å²) < 4.78 is 14.3. The van der Waals surface area contributed by atoms with E-state index in [0.717, 1.165) is 18.5 Å². The number of nitrogens with one attached hydrogen (secondary N) is 2. The Hall–Kier alpha value is -2.70. The van der Waals surface area contributed by atoms with Gasteiger partial charge in [-0.25, -0.2) is 14.2 Å². The largest absolute Gasteiger partial charge is 0.336 e. The molecule has 0 aliphatic heterocycles. The summed E-state index contributed by atoms with van der Waals surface area (Å²) in [4.78, 5) is 28.3. The summed E-state index contributed by atoms with van der Waals surface area (Å²) in [6.07, 6.45) is 6.14. The highest BCUT2D eigenvalue weighted by molar-refractivity contribution is 5.89. The second-order valence-corrected chi connectivity index (χ2v) is 6.21. The molecular weight excluding hydrogens is 323 g/mol. The van der Waals surface area contributed by atoms with Crippen LogP contribution in [0.15, 0.2) is 41.5 Å². The number of carbonyl (C=O) groups excluding carboxylic acids is 1. The monoisotopic (exact) mass is 344 g/mol. The molecule has 1 saturated carbocycles. The summed E-state index contributed by atoms with van der Waals surface area (Å²) in [7, 11) is 0. The Labute approximate surface area is 145 Å². The molecule has 2 N–H and O–H groups in total. The van der Waals surface area contributed by atoms with Crippen LogP contribution in [0.3, 0.4) is 0 Å². The molecular formula is C18H21FN4O2. The first-order valence-electron chi connectivity index (χ1n) is 8.48. The van der Waals surface area contributed by atoms with Crippen molar-refractivity contribution in [3.05, 3.63) is 58.5 Å². The lowest BCUT2D eigenvalue weighted by atomic mass is 10.0. The Morgan fingerprint density at radius 3 is 2.64 bits per heavy atom. The minimum absolute atomic E-state index is 0.0994. The van der Waals surface area contributed by atoms with E-state index in [0.29, 0.717) is 18.2 Å². The Morgan fingerprint density at radius 2 is 1.96 bits per heavy atom. The van der Waals surface area contributed by atoms with Crippen LogP contribution in [0, 0.1) is 5.82 Å². The number of urea groups is 1. The molecule has 1 aliphatic carbocycles. The van der Waals surface area contributed by atoms with Gasteiger partial charge in [0, 0.05) is 30.8 Å². The highest BCUT2D eigenvalue weighted by Crippen LogP contribution is 2.32. The molecule has 1 fully saturated rings. The second kappa shape index (κ2) is 7.92. The third kappa shape index (κ3) is 4.65. The molecule has 1 aliphatic rings. The molecule has 0 spiro atoms. The first-order valence-corrected chi connectivity index (χ1v) is 8.48. The molecule has 25 heavy (non-hydrogen) atoms. The van der Waals surface area contributed by atoms with Gasteiger partial charge in [0.25, 0.3) is 5.56 Å². The second-order valence-electron chi connectivity index (χ2n) is 6.21. The number of benzene rings is 1. The van der Waals surface area contributed by atoms with Gasteiger partial charge in [-0.15, -0.1) is 0 Å². The zero-order chi connectivity index (χ0) is 17.6. The highest BCUT2D eigenvalue weighted by Gasteiger charge is 2.18. The number of rotatable bonds is 5. The highest BCUT2D eigenvalue weighted by atomic mass is 19.1. The number of amides is 2. The zero-order valence-electron chi connectivity index (χ0n) is 13.9. The van der Waals surface area contributed by atoms with E-state index in [1.807, 2.05) is 0 Å². The van der Waals surface area contributed by atoms with Gasteiger partial charge in [-0.3, -0.25) is 9.36 Å². The molecule has 6 nitrogen and oxygen atoms in total. The molecule has 1 heterocycles. The van der Waals surface area contributed by atoms with E-state index >= 15 is 0 Å². The average molecular weight is 344 g/mol. The van der Waals surface area contributed by atoms with Crippen LogP contribution in [0.2, 0.25) is 0 Å². The fourth-order valence-electron chi connectivity index (χ4n) is 3.05. The minimum atomic E-state index is -0.407. The summed E-state index contributed by atoms with van der Waals surface area (Å²) >= 11 is 0. The summed E-state index contributed by atoms with van der Waals surface area (Å²) in [5.41, 5.74) is 1.28. The van der Waals surface area contributed by atoms with Crippen molar-refractivity contribution in [1.29, 1.82) is 0 Å². The van der Waals surface area contributed by atoms with Gasteiger partial charge in [0.2, 0.25) is 0 Å². The van der Waals surface area contributed by atoms with Crippen molar-refractivity contribution in [2.75, 3.05) is 11.9 Å². The van der Waals surface area contributed by atoms with E-state index in [9.17, 15) is 14.0 Å². The lowest BCUT2D eigenvalue weighted by molar-refractivity contribution is 0.251. The van der Waals surface area contributed by atoms with E-state index in [2.05, 4.69) is 15.6 Å². The van der Waals surface area contributed by atoms with Gasteiger partial charge in [-0.05, 0) is 37.1 Å². The standard InChI is InChI=1S/C18H21FN4O2/c19-14-5-7-15(8-6-14)22-18(25)20-9-10-23-12-21-16(11-17(23)24)13-3-1-2-4-13/h5-8,11-13H,1-4,9-10H2,(H2,20,22,25). The maximum absolute atomic E-state index is 12.8. The van der Waals surface area contributed by atoms with Gasteiger partial charge >= 0.3 is 6.03 Å². The van der Waals surface area contributed by atoms with Crippen LogP contribution in [0.25, 0.3) is 0 Å². The molecule has 0 radical (unpaired) electrons. The van der Waals surface area contributed by atoms with Crippen molar-refractivity contribution in [1.82, 2.24) is 14.9 Å².